The Morgan fingerprint density at radius 2 is 2.21 bits per heavy atom. The molecule has 0 radical (unpaired) electrons. The summed E-state index contributed by atoms with van der Waals surface area (Å²) in [7, 11) is 0. The average Bonchev–Trinajstić information content (AvgIpc) is 2.42. The summed E-state index contributed by atoms with van der Waals surface area (Å²) in [6.45, 7) is 1.93. The Morgan fingerprint density at radius 3 is 2.79 bits per heavy atom. The molecular formula is C13H17BrO5. The number of ether oxygens (including phenoxy) is 2. The van der Waals surface area contributed by atoms with Crippen LogP contribution >= 0.6 is 15.9 Å². The molecule has 0 saturated carbocycles. The number of hydrogen-bond acceptors (Lipinski definition) is 5. The van der Waals surface area contributed by atoms with Gasteiger partial charge >= 0.3 is 5.97 Å². The van der Waals surface area contributed by atoms with Crippen LogP contribution in [0.1, 0.15) is 23.7 Å². The van der Waals surface area contributed by atoms with E-state index in [0.29, 0.717) is 22.4 Å². The van der Waals surface area contributed by atoms with Gasteiger partial charge in [0.2, 0.25) is 0 Å². The van der Waals surface area contributed by atoms with E-state index in [9.17, 15) is 4.79 Å². The van der Waals surface area contributed by atoms with E-state index in [1.807, 2.05) is 6.92 Å². The molecule has 0 fully saturated rings. The van der Waals surface area contributed by atoms with Crippen molar-refractivity contribution in [2.45, 2.75) is 19.4 Å². The van der Waals surface area contributed by atoms with Crippen molar-refractivity contribution in [3.63, 3.8) is 0 Å². The monoisotopic (exact) mass is 332 g/mol. The second kappa shape index (κ2) is 8.14. The average molecular weight is 333 g/mol. The first-order valence-corrected chi connectivity index (χ1v) is 6.76. The summed E-state index contributed by atoms with van der Waals surface area (Å²) in [5.41, 5.74) is 0.348. The van der Waals surface area contributed by atoms with Crippen molar-refractivity contribution >= 4 is 21.9 Å². The third-order valence-electron chi connectivity index (χ3n) is 2.25. The molecule has 5 nitrogen and oxygen atoms in total. The molecule has 0 heterocycles. The molecule has 1 atom stereocenters. The van der Waals surface area contributed by atoms with Gasteiger partial charge in [-0.25, -0.2) is 4.79 Å². The molecular weight excluding hydrogens is 316 g/mol. The molecule has 2 N–H and O–H groups in total. The largest absolute Gasteiger partial charge is 0.492 e. The minimum absolute atomic E-state index is 0.235. The van der Waals surface area contributed by atoms with Crippen LogP contribution in [0, 0.1) is 0 Å². The van der Waals surface area contributed by atoms with Crippen molar-refractivity contribution < 1.29 is 24.5 Å². The molecule has 6 heteroatoms. The highest BCUT2D eigenvalue weighted by atomic mass is 79.9. The fourth-order valence-corrected chi connectivity index (χ4v) is 1.76. The molecule has 0 saturated heterocycles. The van der Waals surface area contributed by atoms with Crippen LogP contribution in [0.25, 0.3) is 0 Å². The number of hydrogen-bond donors (Lipinski definition) is 2. The van der Waals surface area contributed by atoms with Gasteiger partial charge in [0.1, 0.15) is 18.5 Å². The Hall–Kier alpha value is -1.11. The van der Waals surface area contributed by atoms with E-state index in [-0.39, 0.29) is 6.61 Å². The number of rotatable bonds is 7. The molecule has 0 aliphatic carbocycles. The Labute approximate surface area is 120 Å². The van der Waals surface area contributed by atoms with Gasteiger partial charge in [0.15, 0.2) is 0 Å². The van der Waals surface area contributed by atoms with Crippen LogP contribution in [-0.2, 0) is 4.74 Å². The molecule has 1 rings (SSSR count). The highest BCUT2D eigenvalue weighted by Gasteiger charge is 2.12. The minimum Gasteiger partial charge on any atom is -0.492 e. The molecule has 1 unspecified atom stereocenters. The molecule has 0 aliphatic rings. The van der Waals surface area contributed by atoms with Crippen molar-refractivity contribution in [1.82, 2.24) is 0 Å². The van der Waals surface area contributed by atoms with Gasteiger partial charge < -0.3 is 19.7 Å². The van der Waals surface area contributed by atoms with Crippen molar-refractivity contribution in [3.8, 4) is 5.75 Å². The van der Waals surface area contributed by atoms with Crippen LogP contribution in [0.15, 0.2) is 22.7 Å². The van der Waals surface area contributed by atoms with E-state index >= 15 is 0 Å². The summed E-state index contributed by atoms with van der Waals surface area (Å²) in [5, 5.41) is 17.7. The highest BCUT2D eigenvalue weighted by Crippen LogP contribution is 2.26. The zero-order valence-corrected chi connectivity index (χ0v) is 12.2. The third kappa shape index (κ3) is 5.18. The fourth-order valence-electron chi connectivity index (χ4n) is 1.26. The van der Waals surface area contributed by atoms with Crippen LogP contribution in [0.2, 0.25) is 0 Å². The van der Waals surface area contributed by atoms with Gasteiger partial charge in [-0.05, 0) is 40.5 Å². The lowest BCUT2D eigenvalue weighted by atomic mass is 10.2. The normalized spacial score (nSPS) is 12.0. The third-order valence-corrected chi connectivity index (χ3v) is 2.87. The summed E-state index contributed by atoms with van der Waals surface area (Å²) in [5.74, 6) is 0.101. The van der Waals surface area contributed by atoms with Crippen molar-refractivity contribution in [3.05, 3.63) is 28.2 Å². The molecule has 106 valence electrons. The molecule has 0 amide bonds. The zero-order chi connectivity index (χ0) is 14.3. The van der Waals surface area contributed by atoms with Gasteiger partial charge in [-0.15, -0.1) is 0 Å². The summed E-state index contributed by atoms with van der Waals surface area (Å²) in [6.07, 6.45) is -0.158. The summed E-state index contributed by atoms with van der Waals surface area (Å²) in [6, 6.07) is 4.86. The molecule has 0 spiro atoms. The number of carbonyl (C=O) groups excluding carboxylic acids is 1. The maximum absolute atomic E-state index is 11.7. The Bertz CT molecular complexity index is 421. The van der Waals surface area contributed by atoms with Crippen molar-refractivity contribution in [2.24, 2.45) is 0 Å². The lowest BCUT2D eigenvalue weighted by Gasteiger charge is -2.10. The molecule has 1 aromatic carbocycles. The topological polar surface area (TPSA) is 76.0 Å². The number of halogens is 1. The lowest BCUT2D eigenvalue weighted by Crippen LogP contribution is -2.21. The maximum atomic E-state index is 11.7. The van der Waals surface area contributed by atoms with Crippen molar-refractivity contribution in [1.29, 1.82) is 0 Å². The number of esters is 1. The van der Waals surface area contributed by atoms with E-state index in [1.165, 1.54) is 0 Å². The van der Waals surface area contributed by atoms with E-state index in [1.54, 1.807) is 18.2 Å². The fraction of sp³-hybridized carbons (Fsp3) is 0.462. The van der Waals surface area contributed by atoms with Crippen LogP contribution in [0.3, 0.4) is 0 Å². The van der Waals surface area contributed by atoms with Gasteiger partial charge in [-0.1, -0.05) is 6.92 Å². The summed E-state index contributed by atoms with van der Waals surface area (Å²) >= 11 is 3.32. The summed E-state index contributed by atoms with van der Waals surface area (Å²) in [4.78, 5) is 11.7. The zero-order valence-electron chi connectivity index (χ0n) is 10.6. The standard InChI is InChI=1S/C13H17BrO5/c1-2-5-18-12-4-3-9(6-11(12)14)13(17)19-8-10(16)7-15/h3-4,6,10,15-16H,2,5,7-8H2,1H3. The summed E-state index contributed by atoms with van der Waals surface area (Å²) < 4.78 is 11.0. The smallest absolute Gasteiger partial charge is 0.338 e. The second-order valence-electron chi connectivity index (χ2n) is 3.93. The number of benzene rings is 1. The molecule has 1 aromatic rings. The van der Waals surface area contributed by atoms with Crippen LogP contribution < -0.4 is 4.74 Å². The molecule has 0 bridgehead atoms. The van der Waals surface area contributed by atoms with E-state index in [2.05, 4.69) is 15.9 Å². The first-order valence-electron chi connectivity index (χ1n) is 5.96. The van der Waals surface area contributed by atoms with E-state index < -0.39 is 18.7 Å². The first kappa shape index (κ1) is 15.9. The Kier molecular flexibility index (Phi) is 6.83. The Balaban J connectivity index is 2.63. The maximum Gasteiger partial charge on any atom is 0.338 e. The first-order chi connectivity index (χ1) is 9.08. The van der Waals surface area contributed by atoms with Gasteiger partial charge in [-0.3, -0.25) is 0 Å². The second-order valence-corrected chi connectivity index (χ2v) is 4.78. The minimum atomic E-state index is -1.06. The molecule has 0 aliphatic heterocycles. The molecule has 0 aromatic heterocycles. The SMILES string of the molecule is CCCOc1ccc(C(=O)OCC(O)CO)cc1Br. The predicted octanol–water partition coefficient (Wildman–Crippen LogP) is 1.75. The van der Waals surface area contributed by atoms with Crippen molar-refractivity contribution in [2.75, 3.05) is 19.8 Å². The van der Waals surface area contributed by atoms with Gasteiger partial charge in [0.25, 0.3) is 0 Å². The lowest BCUT2D eigenvalue weighted by molar-refractivity contribution is 0.00932. The Morgan fingerprint density at radius 1 is 1.47 bits per heavy atom. The molecule has 19 heavy (non-hydrogen) atoms. The van der Waals surface area contributed by atoms with Crippen LogP contribution in [0.4, 0.5) is 0 Å². The van der Waals surface area contributed by atoms with E-state index in [4.69, 9.17) is 19.7 Å². The van der Waals surface area contributed by atoms with Crippen LogP contribution in [0.5, 0.6) is 5.75 Å². The van der Waals surface area contributed by atoms with Gasteiger partial charge in [0, 0.05) is 0 Å². The van der Waals surface area contributed by atoms with E-state index in [0.717, 1.165) is 6.42 Å². The number of carbonyl (C=O) groups is 1. The quantitative estimate of drug-likeness (QED) is 0.744. The van der Waals surface area contributed by atoms with Crippen LogP contribution in [-0.4, -0.2) is 42.1 Å². The predicted molar refractivity (Wildman–Crippen MR) is 73.3 cm³/mol. The highest BCUT2D eigenvalue weighted by molar-refractivity contribution is 9.10. The van der Waals surface area contributed by atoms with Gasteiger partial charge in [0.05, 0.1) is 23.2 Å². The number of aliphatic hydroxyl groups excluding tert-OH is 2. The number of aliphatic hydroxyl groups is 2. The van der Waals surface area contributed by atoms with Gasteiger partial charge in [-0.2, -0.15) is 0 Å².